The predicted octanol–water partition coefficient (Wildman–Crippen LogP) is 3.49. The average Bonchev–Trinajstić information content (AvgIpc) is 2.62. The van der Waals surface area contributed by atoms with E-state index in [1.165, 1.54) is 4.88 Å². The molecule has 0 bridgehead atoms. The van der Waals surface area contributed by atoms with Crippen molar-refractivity contribution in [1.82, 2.24) is 0 Å². The molecule has 0 saturated carbocycles. The minimum Gasteiger partial charge on any atom is -0.410 e. The summed E-state index contributed by atoms with van der Waals surface area (Å²) in [7, 11) is 0. The van der Waals surface area contributed by atoms with Gasteiger partial charge in [0, 0.05) is 9.75 Å². The van der Waals surface area contributed by atoms with Gasteiger partial charge in [-0.3, -0.25) is 0 Å². The first-order chi connectivity index (χ1) is 8.04. The Labute approximate surface area is 104 Å². The number of benzene rings is 1. The molecule has 0 unspecified atom stereocenters. The van der Waals surface area contributed by atoms with Crippen molar-refractivity contribution in [2.24, 2.45) is 5.73 Å². The molecule has 0 spiro atoms. The Morgan fingerprint density at radius 2 is 2.00 bits per heavy atom. The quantitative estimate of drug-likeness (QED) is 0.883. The highest BCUT2D eigenvalue weighted by atomic mass is 32.1. The molecule has 17 heavy (non-hydrogen) atoms. The first-order valence-corrected chi connectivity index (χ1v) is 6.02. The highest BCUT2D eigenvalue weighted by molar-refractivity contribution is 7.15. The first kappa shape index (κ1) is 11.7. The Kier molecular flexibility index (Phi) is 3.15. The van der Waals surface area contributed by atoms with Crippen molar-refractivity contribution in [1.29, 1.82) is 0 Å². The zero-order valence-corrected chi connectivity index (χ0v) is 10.5. The van der Waals surface area contributed by atoms with E-state index < -0.39 is 6.09 Å². The van der Waals surface area contributed by atoms with Crippen LogP contribution in [-0.2, 0) is 0 Å². The van der Waals surface area contributed by atoms with Crippen molar-refractivity contribution in [3.05, 3.63) is 40.8 Å². The summed E-state index contributed by atoms with van der Waals surface area (Å²) in [6.07, 6.45) is -0.788. The maximum absolute atomic E-state index is 10.7. The standard InChI is InChI=1S/C13H13NO2S/c1-8-5-10(12-4-3-9(2)17-12)7-11(6-8)16-13(14)15/h3-7H,1-2H3,(H2,14,15). The van der Waals surface area contributed by atoms with Crippen LogP contribution in [0.15, 0.2) is 30.3 Å². The van der Waals surface area contributed by atoms with Gasteiger partial charge in [0.15, 0.2) is 0 Å². The van der Waals surface area contributed by atoms with Gasteiger partial charge in [0.1, 0.15) is 5.75 Å². The van der Waals surface area contributed by atoms with Crippen molar-refractivity contribution in [2.45, 2.75) is 13.8 Å². The number of carbonyl (C=O) groups excluding carboxylic acids is 1. The van der Waals surface area contributed by atoms with Gasteiger partial charge >= 0.3 is 6.09 Å². The lowest BCUT2D eigenvalue weighted by molar-refractivity contribution is 0.211. The molecule has 0 aliphatic heterocycles. The molecule has 88 valence electrons. The molecule has 2 aromatic rings. The van der Waals surface area contributed by atoms with Gasteiger partial charge in [-0.05, 0) is 49.2 Å². The van der Waals surface area contributed by atoms with Gasteiger partial charge < -0.3 is 10.5 Å². The number of primary amides is 1. The van der Waals surface area contributed by atoms with Crippen molar-refractivity contribution in [2.75, 3.05) is 0 Å². The number of rotatable bonds is 2. The number of carbonyl (C=O) groups is 1. The van der Waals surface area contributed by atoms with Crippen molar-refractivity contribution in [3.63, 3.8) is 0 Å². The SMILES string of the molecule is Cc1cc(OC(N)=O)cc(-c2ccc(C)s2)c1. The summed E-state index contributed by atoms with van der Waals surface area (Å²) in [4.78, 5) is 13.1. The van der Waals surface area contributed by atoms with Gasteiger partial charge in [-0.1, -0.05) is 6.07 Å². The molecular formula is C13H13NO2S. The molecule has 1 aromatic heterocycles. The zero-order valence-electron chi connectivity index (χ0n) is 9.69. The predicted molar refractivity (Wildman–Crippen MR) is 69.4 cm³/mol. The summed E-state index contributed by atoms with van der Waals surface area (Å²) >= 11 is 1.71. The first-order valence-electron chi connectivity index (χ1n) is 5.20. The van der Waals surface area contributed by atoms with Gasteiger partial charge in [-0.2, -0.15) is 0 Å². The fourth-order valence-corrected chi connectivity index (χ4v) is 2.51. The number of hydrogen-bond acceptors (Lipinski definition) is 3. The van der Waals surface area contributed by atoms with E-state index in [-0.39, 0.29) is 0 Å². The lowest BCUT2D eigenvalue weighted by Gasteiger charge is -2.05. The lowest BCUT2D eigenvalue weighted by atomic mass is 10.1. The fourth-order valence-electron chi connectivity index (χ4n) is 1.65. The van der Waals surface area contributed by atoms with Crippen molar-refractivity contribution in [3.8, 4) is 16.2 Å². The van der Waals surface area contributed by atoms with Crippen molar-refractivity contribution < 1.29 is 9.53 Å². The third kappa shape index (κ3) is 2.85. The molecule has 1 amide bonds. The Bertz CT molecular complexity index is 560. The molecule has 0 atom stereocenters. The van der Waals surface area contributed by atoms with Crippen LogP contribution in [-0.4, -0.2) is 6.09 Å². The minimum absolute atomic E-state index is 0.485. The molecule has 2 rings (SSSR count). The third-order valence-corrected chi connectivity index (χ3v) is 3.34. The number of thiophene rings is 1. The molecular weight excluding hydrogens is 234 g/mol. The largest absolute Gasteiger partial charge is 0.410 e. The molecule has 1 aromatic carbocycles. The molecule has 0 aliphatic rings. The highest BCUT2D eigenvalue weighted by Gasteiger charge is 2.06. The second-order valence-electron chi connectivity index (χ2n) is 3.87. The summed E-state index contributed by atoms with van der Waals surface area (Å²) in [5, 5.41) is 0. The molecule has 2 N–H and O–H groups in total. The molecule has 1 heterocycles. The van der Waals surface area contributed by atoms with Crippen LogP contribution in [0.25, 0.3) is 10.4 Å². The van der Waals surface area contributed by atoms with E-state index in [2.05, 4.69) is 25.1 Å². The normalized spacial score (nSPS) is 10.2. The van der Waals surface area contributed by atoms with Gasteiger partial charge in [0.2, 0.25) is 0 Å². The van der Waals surface area contributed by atoms with E-state index in [9.17, 15) is 4.79 Å². The average molecular weight is 247 g/mol. The number of ether oxygens (including phenoxy) is 1. The monoisotopic (exact) mass is 247 g/mol. The second-order valence-corrected chi connectivity index (χ2v) is 5.15. The maximum Gasteiger partial charge on any atom is 0.409 e. The molecule has 0 aliphatic carbocycles. The van der Waals surface area contributed by atoms with Gasteiger partial charge in [-0.25, -0.2) is 4.79 Å². The smallest absolute Gasteiger partial charge is 0.409 e. The van der Waals surface area contributed by atoms with Crippen LogP contribution < -0.4 is 10.5 Å². The van der Waals surface area contributed by atoms with Gasteiger partial charge in [-0.15, -0.1) is 11.3 Å². The van der Waals surface area contributed by atoms with Crippen LogP contribution in [0, 0.1) is 13.8 Å². The zero-order chi connectivity index (χ0) is 12.4. The van der Waals surface area contributed by atoms with Gasteiger partial charge in [0.25, 0.3) is 0 Å². The van der Waals surface area contributed by atoms with E-state index in [0.29, 0.717) is 5.75 Å². The van der Waals surface area contributed by atoms with Crippen LogP contribution in [0.1, 0.15) is 10.4 Å². The molecule has 0 saturated heterocycles. The summed E-state index contributed by atoms with van der Waals surface area (Å²) < 4.78 is 4.91. The van der Waals surface area contributed by atoms with E-state index in [1.807, 2.05) is 13.0 Å². The van der Waals surface area contributed by atoms with E-state index in [1.54, 1.807) is 17.4 Å². The van der Waals surface area contributed by atoms with Crippen LogP contribution in [0.2, 0.25) is 0 Å². The molecule has 0 radical (unpaired) electrons. The lowest BCUT2D eigenvalue weighted by Crippen LogP contribution is -2.16. The fraction of sp³-hybridized carbons (Fsp3) is 0.154. The number of hydrogen-bond donors (Lipinski definition) is 1. The van der Waals surface area contributed by atoms with Crippen molar-refractivity contribution >= 4 is 17.4 Å². The summed E-state index contributed by atoms with van der Waals surface area (Å²) in [6, 6.07) is 9.79. The van der Waals surface area contributed by atoms with Crippen LogP contribution in [0.5, 0.6) is 5.75 Å². The van der Waals surface area contributed by atoms with Gasteiger partial charge in [0.05, 0.1) is 0 Å². The Balaban J connectivity index is 2.41. The van der Waals surface area contributed by atoms with E-state index in [4.69, 9.17) is 10.5 Å². The number of amides is 1. The molecule has 0 fully saturated rings. The summed E-state index contributed by atoms with van der Waals surface area (Å²) in [6.45, 7) is 4.02. The Morgan fingerprint density at radius 3 is 2.59 bits per heavy atom. The second kappa shape index (κ2) is 4.59. The van der Waals surface area contributed by atoms with E-state index in [0.717, 1.165) is 16.0 Å². The summed E-state index contributed by atoms with van der Waals surface area (Å²) in [5.41, 5.74) is 7.08. The van der Waals surface area contributed by atoms with Crippen LogP contribution >= 0.6 is 11.3 Å². The topological polar surface area (TPSA) is 52.3 Å². The minimum atomic E-state index is -0.788. The Hall–Kier alpha value is -1.81. The third-order valence-electron chi connectivity index (χ3n) is 2.29. The maximum atomic E-state index is 10.7. The summed E-state index contributed by atoms with van der Waals surface area (Å²) in [5.74, 6) is 0.485. The number of aryl methyl sites for hydroxylation is 2. The highest BCUT2D eigenvalue weighted by Crippen LogP contribution is 2.31. The molecule has 4 heteroatoms. The molecule has 3 nitrogen and oxygen atoms in total. The van der Waals surface area contributed by atoms with Crippen LogP contribution in [0.4, 0.5) is 4.79 Å². The van der Waals surface area contributed by atoms with E-state index >= 15 is 0 Å². The number of nitrogens with two attached hydrogens (primary N) is 1. The van der Waals surface area contributed by atoms with Crippen LogP contribution in [0.3, 0.4) is 0 Å². The Morgan fingerprint density at radius 1 is 1.24 bits per heavy atom.